The van der Waals surface area contributed by atoms with Crippen LogP contribution in [0.3, 0.4) is 0 Å². The van der Waals surface area contributed by atoms with Crippen molar-refractivity contribution in [3.8, 4) is 0 Å². The summed E-state index contributed by atoms with van der Waals surface area (Å²) in [6.45, 7) is 0. The normalized spacial score (nSPS) is 11.6. The van der Waals surface area contributed by atoms with Gasteiger partial charge in [-0.2, -0.15) is 0 Å². The van der Waals surface area contributed by atoms with Gasteiger partial charge < -0.3 is 0 Å². The molecule has 112 valence electrons. The zero-order valence-electron chi connectivity index (χ0n) is 9.76. The number of allylic oxidation sites excluding steroid dienone is 1. The van der Waals surface area contributed by atoms with E-state index in [1.807, 2.05) is 0 Å². The van der Waals surface area contributed by atoms with E-state index in [2.05, 4.69) is 0 Å². The van der Waals surface area contributed by atoms with Gasteiger partial charge in [0.25, 0.3) is 5.69 Å². The Kier molecular flexibility index (Phi) is 6.76. The molecule has 0 radical (unpaired) electrons. The second-order valence-corrected chi connectivity index (χ2v) is 6.32. The number of nitrogens with zero attached hydrogens (tertiary/aromatic N) is 2. The van der Waals surface area contributed by atoms with Gasteiger partial charge in [0.15, 0.2) is 9.40 Å². The first-order valence-electron chi connectivity index (χ1n) is 4.91. The average molecular weight is 390 g/mol. The molecule has 0 saturated carbocycles. The van der Waals surface area contributed by atoms with Crippen molar-refractivity contribution in [3.63, 3.8) is 0 Å². The van der Waals surface area contributed by atoms with E-state index in [0.717, 1.165) is 11.8 Å². The third-order valence-electron chi connectivity index (χ3n) is 2.00. The van der Waals surface area contributed by atoms with Gasteiger partial charge >= 0.3 is 5.70 Å². The van der Waals surface area contributed by atoms with Gasteiger partial charge in [-0.05, 0) is 12.1 Å². The first kappa shape index (κ1) is 18.1. The summed E-state index contributed by atoms with van der Waals surface area (Å²) in [5.74, 6) is 0. The third-order valence-corrected chi connectivity index (χ3v) is 4.23. The van der Waals surface area contributed by atoms with E-state index in [-0.39, 0.29) is 10.1 Å². The number of nitro groups is 2. The van der Waals surface area contributed by atoms with Crippen LogP contribution in [0.2, 0.25) is 0 Å². The van der Waals surface area contributed by atoms with E-state index in [1.54, 1.807) is 0 Å². The smallest absolute Gasteiger partial charge is 0.258 e. The van der Waals surface area contributed by atoms with Gasteiger partial charge in [0.1, 0.15) is 4.49 Å². The number of rotatable bonds is 5. The van der Waals surface area contributed by atoms with E-state index in [1.165, 1.54) is 24.3 Å². The monoisotopic (exact) mass is 388 g/mol. The van der Waals surface area contributed by atoms with Gasteiger partial charge in [-0.3, -0.25) is 20.2 Å². The molecule has 6 nitrogen and oxygen atoms in total. The molecular weight excluding hydrogens is 386 g/mol. The van der Waals surface area contributed by atoms with Crippen LogP contribution in [-0.2, 0) is 0 Å². The van der Waals surface area contributed by atoms with E-state index in [9.17, 15) is 20.2 Å². The minimum Gasteiger partial charge on any atom is -0.258 e. The van der Waals surface area contributed by atoms with Crippen LogP contribution in [0.5, 0.6) is 0 Å². The summed E-state index contributed by atoms with van der Waals surface area (Å²) in [6.07, 6.45) is 0. The third kappa shape index (κ3) is 5.05. The van der Waals surface area contributed by atoms with Crippen LogP contribution in [0.4, 0.5) is 5.69 Å². The minimum atomic E-state index is -0.826. The Bertz CT molecular complexity index is 641. The average Bonchev–Trinajstić information content (AvgIpc) is 2.38. The number of hydrogen-bond donors (Lipinski definition) is 0. The molecule has 0 fully saturated rings. The maximum atomic E-state index is 10.9. The summed E-state index contributed by atoms with van der Waals surface area (Å²) < 4.78 is -0.775. The van der Waals surface area contributed by atoms with Crippen molar-refractivity contribution in [2.45, 2.75) is 4.90 Å². The van der Waals surface area contributed by atoms with Crippen LogP contribution in [0, 0.1) is 20.2 Å². The SMILES string of the molecule is O=[N+]([O-])/C(C(Cl)=C(Cl)Cl)=C(/Cl)Sc1ccc([N+](=O)[O-])cc1. The van der Waals surface area contributed by atoms with Crippen molar-refractivity contribution in [2.75, 3.05) is 0 Å². The molecular formula is C10H4Cl4N2O4S. The van der Waals surface area contributed by atoms with Gasteiger partial charge in [-0.25, -0.2) is 0 Å². The zero-order chi connectivity index (χ0) is 16.2. The lowest BCUT2D eigenvalue weighted by Gasteiger charge is -2.02. The van der Waals surface area contributed by atoms with Crippen molar-refractivity contribution in [3.05, 3.63) is 64.1 Å². The number of nitro benzene ring substituents is 1. The predicted octanol–water partition coefficient (Wildman–Crippen LogP) is 5.26. The first-order valence-corrected chi connectivity index (χ1v) is 7.24. The fourth-order valence-corrected chi connectivity index (χ4v) is 2.75. The molecule has 0 aromatic heterocycles. The molecule has 0 atom stereocenters. The molecule has 0 unspecified atom stereocenters. The fraction of sp³-hybridized carbons (Fsp3) is 0. The summed E-state index contributed by atoms with van der Waals surface area (Å²) >= 11 is 23.1. The van der Waals surface area contributed by atoms with Gasteiger partial charge in [0, 0.05) is 17.0 Å². The highest BCUT2D eigenvalue weighted by molar-refractivity contribution is 8.04. The van der Waals surface area contributed by atoms with Gasteiger partial charge in [-0.15, -0.1) is 0 Å². The highest BCUT2D eigenvalue weighted by Gasteiger charge is 2.25. The highest BCUT2D eigenvalue weighted by atomic mass is 35.5. The quantitative estimate of drug-likeness (QED) is 0.296. The minimum absolute atomic E-state index is 0.115. The molecule has 0 heterocycles. The summed E-state index contributed by atoms with van der Waals surface area (Å²) in [5, 5.41) is 21.0. The Labute approximate surface area is 142 Å². The zero-order valence-corrected chi connectivity index (χ0v) is 13.6. The van der Waals surface area contributed by atoms with Crippen LogP contribution in [-0.4, -0.2) is 9.85 Å². The predicted molar refractivity (Wildman–Crippen MR) is 83.4 cm³/mol. The fourth-order valence-electron chi connectivity index (χ4n) is 1.12. The Hall–Kier alpha value is -0.990. The maximum Gasteiger partial charge on any atom is 0.315 e. The molecule has 1 rings (SSSR count). The number of benzene rings is 1. The molecule has 11 heteroatoms. The maximum absolute atomic E-state index is 10.9. The van der Waals surface area contributed by atoms with E-state index >= 15 is 0 Å². The second-order valence-electron chi connectivity index (χ2n) is 3.31. The number of thioether (sulfide) groups is 1. The lowest BCUT2D eigenvalue weighted by Crippen LogP contribution is -2.01. The molecule has 0 aliphatic rings. The van der Waals surface area contributed by atoms with Crippen LogP contribution < -0.4 is 0 Å². The Morgan fingerprint density at radius 3 is 1.90 bits per heavy atom. The molecule has 21 heavy (non-hydrogen) atoms. The van der Waals surface area contributed by atoms with E-state index in [0.29, 0.717) is 4.90 Å². The summed E-state index contributed by atoms with van der Waals surface area (Å²) in [5.41, 5.74) is -0.766. The van der Waals surface area contributed by atoms with Crippen molar-refractivity contribution in [2.24, 2.45) is 0 Å². The number of hydrogen-bond acceptors (Lipinski definition) is 5. The molecule has 1 aromatic rings. The van der Waals surface area contributed by atoms with Gasteiger partial charge in [0.2, 0.25) is 0 Å². The Balaban J connectivity index is 3.13. The van der Waals surface area contributed by atoms with Crippen molar-refractivity contribution in [1.82, 2.24) is 0 Å². The standard InChI is InChI=1S/C10H4Cl4N2O4S/c11-7(9(12)13)8(16(19)20)10(14)21-6-3-1-5(2-4-6)15(17)18/h1-4H/b10-8-. The summed E-state index contributed by atoms with van der Waals surface area (Å²) in [6, 6.07) is 5.26. The molecule has 0 amide bonds. The van der Waals surface area contributed by atoms with Gasteiger partial charge in [-0.1, -0.05) is 58.2 Å². The topological polar surface area (TPSA) is 86.3 Å². The van der Waals surface area contributed by atoms with Crippen LogP contribution in [0.1, 0.15) is 0 Å². The van der Waals surface area contributed by atoms with Crippen LogP contribution >= 0.6 is 58.2 Å². The molecule has 0 N–H and O–H groups in total. The summed E-state index contributed by atoms with van der Waals surface area (Å²) in [7, 11) is 0. The molecule has 0 spiro atoms. The van der Waals surface area contributed by atoms with Crippen LogP contribution in [0.15, 0.2) is 48.7 Å². The lowest BCUT2D eigenvalue weighted by atomic mass is 10.3. The van der Waals surface area contributed by atoms with E-state index < -0.39 is 25.1 Å². The molecule has 0 saturated heterocycles. The molecule has 1 aromatic carbocycles. The first-order chi connectivity index (χ1) is 9.73. The number of halogens is 4. The van der Waals surface area contributed by atoms with Crippen molar-refractivity contribution < 1.29 is 9.85 Å². The molecule has 0 aliphatic carbocycles. The Morgan fingerprint density at radius 1 is 1.00 bits per heavy atom. The largest absolute Gasteiger partial charge is 0.315 e. The van der Waals surface area contributed by atoms with Crippen molar-refractivity contribution >= 4 is 63.9 Å². The Morgan fingerprint density at radius 2 is 1.52 bits per heavy atom. The molecule has 0 aliphatic heterocycles. The molecule has 0 bridgehead atoms. The number of non-ortho nitro benzene ring substituents is 1. The van der Waals surface area contributed by atoms with Crippen LogP contribution in [0.25, 0.3) is 0 Å². The lowest BCUT2D eigenvalue weighted by molar-refractivity contribution is -0.419. The van der Waals surface area contributed by atoms with E-state index in [4.69, 9.17) is 46.4 Å². The van der Waals surface area contributed by atoms with Gasteiger partial charge in [0.05, 0.1) is 9.85 Å². The summed E-state index contributed by atoms with van der Waals surface area (Å²) in [4.78, 5) is 20.5. The highest BCUT2D eigenvalue weighted by Crippen LogP contribution is 2.38. The second kappa shape index (κ2) is 7.86. The van der Waals surface area contributed by atoms with Crippen molar-refractivity contribution in [1.29, 1.82) is 0 Å².